The number of aromatic nitrogens is 2. The van der Waals surface area contributed by atoms with E-state index in [0.29, 0.717) is 36.3 Å². The molecule has 1 aromatic carbocycles. The number of amides is 1. The molecule has 0 spiro atoms. The van der Waals surface area contributed by atoms with E-state index >= 15 is 0 Å². The van der Waals surface area contributed by atoms with Crippen LogP contribution in [-0.4, -0.2) is 31.0 Å². The van der Waals surface area contributed by atoms with Gasteiger partial charge in [0.05, 0.1) is 9.77 Å². The summed E-state index contributed by atoms with van der Waals surface area (Å²) >= 11 is 1.51. The zero-order valence-electron chi connectivity index (χ0n) is 15.5. The van der Waals surface area contributed by atoms with E-state index in [1.54, 1.807) is 12.1 Å². The van der Waals surface area contributed by atoms with Gasteiger partial charge < -0.3 is 9.84 Å². The van der Waals surface area contributed by atoms with E-state index in [0.717, 1.165) is 17.7 Å². The molecule has 1 aliphatic rings. The molecular weight excluding hydrogens is 412 g/mol. The molecular formula is C19H20N4O4S2. The lowest BCUT2D eigenvalue weighted by Crippen LogP contribution is -2.25. The highest BCUT2D eigenvalue weighted by Gasteiger charge is 2.24. The number of benzene rings is 1. The average Bonchev–Trinajstić information content (AvgIpc) is 3.17. The van der Waals surface area contributed by atoms with Crippen LogP contribution in [0.2, 0.25) is 0 Å². The van der Waals surface area contributed by atoms with Crippen LogP contribution in [0.15, 0.2) is 51.2 Å². The maximum Gasteiger partial charge on any atom is 0.240 e. The lowest BCUT2D eigenvalue weighted by molar-refractivity contribution is -0.116. The van der Waals surface area contributed by atoms with E-state index in [1.807, 2.05) is 17.5 Å². The summed E-state index contributed by atoms with van der Waals surface area (Å²) in [6, 6.07) is 9.92. The van der Waals surface area contributed by atoms with Gasteiger partial charge in [0.1, 0.15) is 0 Å². The Kier molecular flexibility index (Phi) is 5.74. The van der Waals surface area contributed by atoms with Gasteiger partial charge in [-0.15, -0.1) is 11.3 Å². The Morgan fingerprint density at radius 1 is 1.21 bits per heavy atom. The summed E-state index contributed by atoms with van der Waals surface area (Å²) in [7, 11) is -3.51. The normalized spacial score (nSPS) is 14.1. The van der Waals surface area contributed by atoms with Crippen LogP contribution in [0, 0.1) is 5.92 Å². The van der Waals surface area contributed by atoms with Gasteiger partial charge in [-0.3, -0.25) is 4.79 Å². The van der Waals surface area contributed by atoms with Crippen LogP contribution in [0.1, 0.15) is 25.2 Å². The Morgan fingerprint density at radius 3 is 2.69 bits per heavy atom. The largest absolute Gasteiger partial charge is 0.339 e. The molecule has 1 saturated carbocycles. The summed E-state index contributed by atoms with van der Waals surface area (Å²) < 4.78 is 32.2. The minimum absolute atomic E-state index is 0.176. The quantitative estimate of drug-likeness (QED) is 0.537. The van der Waals surface area contributed by atoms with Gasteiger partial charge in [-0.2, -0.15) is 4.98 Å². The molecule has 2 N–H and O–H groups in total. The lowest BCUT2D eigenvalue weighted by atomic mass is 10.2. The monoisotopic (exact) mass is 432 g/mol. The molecule has 0 saturated heterocycles. The van der Waals surface area contributed by atoms with E-state index in [9.17, 15) is 13.2 Å². The molecule has 10 heteroatoms. The number of nitrogens with one attached hydrogen (secondary N) is 2. The standard InChI is InChI=1S/C19H20N4O4S2/c24-17(9-10-18-22-19(23-27-18)16-2-1-11-28-16)21-14-5-7-15(8-6-14)29(25,26)20-12-13-3-4-13/h1-2,5-8,11,13,20H,3-4,9-10,12H2,(H,21,24). The van der Waals surface area contributed by atoms with E-state index in [4.69, 9.17) is 4.52 Å². The molecule has 0 bridgehead atoms. The van der Waals surface area contributed by atoms with Crippen molar-refractivity contribution in [1.82, 2.24) is 14.9 Å². The molecule has 8 nitrogen and oxygen atoms in total. The number of anilines is 1. The number of hydrogen-bond donors (Lipinski definition) is 2. The van der Waals surface area contributed by atoms with Crippen LogP contribution in [0.4, 0.5) is 5.69 Å². The third-order valence-electron chi connectivity index (χ3n) is 4.48. The number of carbonyl (C=O) groups is 1. The highest BCUT2D eigenvalue weighted by Crippen LogP contribution is 2.28. The molecule has 2 heterocycles. The van der Waals surface area contributed by atoms with Gasteiger partial charge in [-0.25, -0.2) is 13.1 Å². The number of nitrogens with zero attached hydrogens (tertiary/aromatic N) is 2. The van der Waals surface area contributed by atoms with Gasteiger partial charge in [-0.1, -0.05) is 11.2 Å². The Bertz CT molecular complexity index is 1070. The summed E-state index contributed by atoms with van der Waals surface area (Å²) in [6.07, 6.45) is 2.65. The first-order valence-electron chi connectivity index (χ1n) is 9.26. The molecule has 2 aromatic heterocycles. The van der Waals surface area contributed by atoms with E-state index in [2.05, 4.69) is 20.2 Å². The Hall–Kier alpha value is -2.56. The molecule has 1 fully saturated rings. The van der Waals surface area contributed by atoms with E-state index < -0.39 is 10.0 Å². The minimum atomic E-state index is -3.51. The summed E-state index contributed by atoms with van der Waals surface area (Å²) in [5, 5.41) is 8.59. The van der Waals surface area contributed by atoms with Crippen molar-refractivity contribution in [3.63, 3.8) is 0 Å². The summed E-state index contributed by atoms with van der Waals surface area (Å²) in [4.78, 5) is 17.5. The van der Waals surface area contributed by atoms with Crippen LogP contribution < -0.4 is 10.0 Å². The summed E-state index contributed by atoms with van der Waals surface area (Å²) in [5.74, 6) is 1.15. The number of thiophene rings is 1. The number of carbonyl (C=O) groups excluding carboxylic acids is 1. The third-order valence-corrected chi connectivity index (χ3v) is 6.79. The first kappa shape index (κ1) is 19.7. The average molecular weight is 433 g/mol. The molecule has 152 valence electrons. The third kappa shape index (κ3) is 5.28. The van der Waals surface area contributed by atoms with Crippen molar-refractivity contribution in [2.75, 3.05) is 11.9 Å². The van der Waals surface area contributed by atoms with Crippen molar-refractivity contribution in [3.05, 3.63) is 47.7 Å². The fourth-order valence-corrected chi connectivity index (χ4v) is 4.42. The molecule has 0 aliphatic heterocycles. The van der Waals surface area contributed by atoms with Gasteiger partial charge in [0, 0.05) is 25.1 Å². The van der Waals surface area contributed by atoms with Gasteiger partial charge in [0.15, 0.2) is 0 Å². The van der Waals surface area contributed by atoms with Gasteiger partial charge in [0.2, 0.25) is 27.6 Å². The molecule has 1 amide bonds. The molecule has 0 atom stereocenters. The van der Waals surface area contributed by atoms with Crippen LogP contribution in [0.3, 0.4) is 0 Å². The zero-order chi connectivity index (χ0) is 20.3. The number of sulfonamides is 1. The van der Waals surface area contributed by atoms with E-state index in [-0.39, 0.29) is 17.2 Å². The van der Waals surface area contributed by atoms with Crippen molar-refractivity contribution in [2.45, 2.75) is 30.6 Å². The second-order valence-electron chi connectivity index (χ2n) is 6.86. The van der Waals surface area contributed by atoms with Gasteiger partial charge >= 0.3 is 0 Å². The van der Waals surface area contributed by atoms with Crippen molar-refractivity contribution in [3.8, 4) is 10.7 Å². The van der Waals surface area contributed by atoms with Gasteiger partial charge in [0.25, 0.3) is 0 Å². The Labute approximate surface area is 172 Å². The molecule has 29 heavy (non-hydrogen) atoms. The fraction of sp³-hybridized carbons (Fsp3) is 0.316. The maximum atomic E-state index is 12.2. The van der Waals surface area contributed by atoms with Crippen molar-refractivity contribution < 1.29 is 17.7 Å². The highest BCUT2D eigenvalue weighted by atomic mass is 32.2. The fourth-order valence-electron chi connectivity index (χ4n) is 2.66. The van der Waals surface area contributed by atoms with Crippen LogP contribution >= 0.6 is 11.3 Å². The number of hydrogen-bond acceptors (Lipinski definition) is 7. The predicted octanol–water partition coefficient (Wildman–Crippen LogP) is 3.06. The summed E-state index contributed by atoms with van der Waals surface area (Å²) in [5.41, 5.74) is 0.529. The Balaban J connectivity index is 1.28. The van der Waals surface area contributed by atoms with E-state index in [1.165, 1.54) is 23.5 Å². The molecule has 1 aliphatic carbocycles. The second-order valence-corrected chi connectivity index (χ2v) is 9.57. The maximum absolute atomic E-state index is 12.2. The molecule has 4 rings (SSSR count). The number of aryl methyl sites for hydroxylation is 1. The lowest BCUT2D eigenvalue weighted by Gasteiger charge is -2.08. The Morgan fingerprint density at radius 2 is 2.00 bits per heavy atom. The topological polar surface area (TPSA) is 114 Å². The molecule has 0 unspecified atom stereocenters. The van der Waals surface area contributed by atoms with Crippen molar-refractivity contribution in [1.29, 1.82) is 0 Å². The summed E-state index contributed by atoms with van der Waals surface area (Å²) in [6.45, 7) is 0.477. The smallest absolute Gasteiger partial charge is 0.240 e. The van der Waals surface area contributed by atoms with Gasteiger partial charge in [-0.05, 0) is 54.5 Å². The minimum Gasteiger partial charge on any atom is -0.339 e. The first-order valence-corrected chi connectivity index (χ1v) is 11.6. The molecule has 0 radical (unpaired) electrons. The van der Waals surface area contributed by atoms with Crippen molar-refractivity contribution >= 4 is 33.0 Å². The van der Waals surface area contributed by atoms with Crippen LogP contribution in [0.5, 0.6) is 0 Å². The van der Waals surface area contributed by atoms with Crippen molar-refractivity contribution in [2.24, 2.45) is 5.92 Å². The zero-order valence-corrected chi connectivity index (χ0v) is 17.1. The van der Waals surface area contributed by atoms with Crippen LogP contribution in [-0.2, 0) is 21.2 Å². The predicted molar refractivity (Wildman–Crippen MR) is 109 cm³/mol. The SMILES string of the molecule is O=C(CCc1nc(-c2cccs2)no1)Nc1ccc(S(=O)(=O)NCC2CC2)cc1. The second kappa shape index (κ2) is 8.44. The number of rotatable bonds is 9. The highest BCUT2D eigenvalue weighted by molar-refractivity contribution is 7.89. The van der Waals surface area contributed by atoms with Crippen LogP contribution in [0.25, 0.3) is 10.7 Å². The molecule has 3 aromatic rings. The first-order chi connectivity index (χ1) is 14.0.